The molecule has 0 saturated carbocycles. The van der Waals surface area contributed by atoms with Crippen LogP contribution in [0.25, 0.3) is 0 Å². The highest BCUT2D eigenvalue weighted by Gasteiger charge is 2.12. The first-order valence-electron chi connectivity index (χ1n) is 7.43. The van der Waals surface area contributed by atoms with Crippen LogP contribution in [0.3, 0.4) is 0 Å². The van der Waals surface area contributed by atoms with E-state index < -0.39 is 0 Å². The van der Waals surface area contributed by atoms with Gasteiger partial charge in [0.1, 0.15) is 0 Å². The molecule has 1 N–H and O–H groups in total. The summed E-state index contributed by atoms with van der Waals surface area (Å²) in [5.41, 5.74) is 2.43. The van der Waals surface area contributed by atoms with Crippen molar-refractivity contribution in [1.82, 2.24) is 5.32 Å². The lowest BCUT2D eigenvalue weighted by atomic mass is 10.1. The van der Waals surface area contributed by atoms with E-state index in [-0.39, 0.29) is 6.04 Å². The van der Waals surface area contributed by atoms with Crippen LogP contribution in [0.2, 0.25) is 0 Å². The van der Waals surface area contributed by atoms with E-state index in [1.807, 2.05) is 19.1 Å². The average molecular weight is 364 g/mol. The standard InChI is InChI=1S/C18H22BrNO2/c1-4-22-18-16(19)10-14(11-17(18)21-3)12-20-13(2)15-8-6-5-7-9-15/h5-11,13,20H,4,12H2,1-3H3. The molecule has 0 amide bonds. The molecule has 1 unspecified atom stereocenters. The van der Waals surface area contributed by atoms with Gasteiger partial charge in [-0.2, -0.15) is 0 Å². The minimum Gasteiger partial charge on any atom is -0.493 e. The van der Waals surface area contributed by atoms with Crippen LogP contribution < -0.4 is 14.8 Å². The summed E-state index contributed by atoms with van der Waals surface area (Å²) >= 11 is 3.56. The summed E-state index contributed by atoms with van der Waals surface area (Å²) in [6.07, 6.45) is 0. The molecular weight excluding hydrogens is 342 g/mol. The van der Waals surface area contributed by atoms with Crippen molar-refractivity contribution in [2.45, 2.75) is 26.4 Å². The Balaban J connectivity index is 2.08. The maximum absolute atomic E-state index is 5.62. The molecule has 0 aliphatic carbocycles. The Morgan fingerprint density at radius 1 is 1.18 bits per heavy atom. The van der Waals surface area contributed by atoms with Gasteiger partial charge in [-0.1, -0.05) is 30.3 Å². The van der Waals surface area contributed by atoms with Gasteiger partial charge in [-0.3, -0.25) is 0 Å². The van der Waals surface area contributed by atoms with Crippen LogP contribution in [0.15, 0.2) is 46.9 Å². The number of methoxy groups -OCH3 is 1. The van der Waals surface area contributed by atoms with E-state index in [4.69, 9.17) is 9.47 Å². The molecule has 1 atom stereocenters. The third-order valence-electron chi connectivity index (χ3n) is 3.49. The molecule has 2 aromatic rings. The van der Waals surface area contributed by atoms with Gasteiger partial charge >= 0.3 is 0 Å². The van der Waals surface area contributed by atoms with Gasteiger partial charge in [0.25, 0.3) is 0 Å². The molecule has 2 rings (SSSR count). The van der Waals surface area contributed by atoms with Crippen LogP contribution >= 0.6 is 15.9 Å². The first kappa shape index (κ1) is 16.8. The second-order valence-electron chi connectivity index (χ2n) is 5.06. The van der Waals surface area contributed by atoms with Crippen molar-refractivity contribution in [2.24, 2.45) is 0 Å². The highest BCUT2D eigenvalue weighted by Crippen LogP contribution is 2.36. The second kappa shape index (κ2) is 8.20. The van der Waals surface area contributed by atoms with Gasteiger partial charge in [0.2, 0.25) is 0 Å². The SMILES string of the molecule is CCOc1c(Br)cc(CNC(C)c2ccccc2)cc1OC. The molecule has 0 aliphatic rings. The first-order valence-corrected chi connectivity index (χ1v) is 8.22. The zero-order valence-corrected chi connectivity index (χ0v) is 14.8. The van der Waals surface area contributed by atoms with Crippen molar-refractivity contribution in [1.29, 1.82) is 0 Å². The van der Waals surface area contributed by atoms with E-state index in [9.17, 15) is 0 Å². The van der Waals surface area contributed by atoms with Crippen molar-refractivity contribution in [3.8, 4) is 11.5 Å². The average Bonchev–Trinajstić information content (AvgIpc) is 2.55. The van der Waals surface area contributed by atoms with Crippen molar-refractivity contribution in [3.05, 3.63) is 58.1 Å². The molecule has 0 spiro atoms. The molecule has 0 fully saturated rings. The van der Waals surface area contributed by atoms with Crippen LogP contribution in [0.4, 0.5) is 0 Å². The topological polar surface area (TPSA) is 30.5 Å². The van der Waals surface area contributed by atoms with Gasteiger partial charge in [0.05, 0.1) is 18.2 Å². The molecule has 2 aromatic carbocycles. The van der Waals surface area contributed by atoms with Crippen LogP contribution in [0.1, 0.15) is 31.0 Å². The van der Waals surface area contributed by atoms with E-state index >= 15 is 0 Å². The maximum Gasteiger partial charge on any atom is 0.175 e. The summed E-state index contributed by atoms with van der Waals surface area (Å²) in [4.78, 5) is 0. The lowest BCUT2D eigenvalue weighted by molar-refractivity contribution is 0.308. The fraction of sp³-hybridized carbons (Fsp3) is 0.333. The Labute approximate surface area is 140 Å². The molecule has 3 nitrogen and oxygen atoms in total. The van der Waals surface area contributed by atoms with E-state index in [1.165, 1.54) is 5.56 Å². The molecule has 0 bridgehead atoms. The number of rotatable bonds is 7. The summed E-state index contributed by atoms with van der Waals surface area (Å²) in [6.45, 7) is 5.49. The summed E-state index contributed by atoms with van der Waals surface area (Å²) < 4.78 is 12.0. The molecule has 0 aliphatic heterocycles. The molecule has 0 heterocycles. The quantitative estimate of drug-likeness (QED) is 0.772. The third-order valence-corrected chi connectivity index (χ3v) is 4.08. The molecule has 0 radical (unpaired) electrons. The zero-order valence-electron chi connectivity index (χ0n) is 13.2. The minimum absolute atomic E-state index is 0.289. The largest absolute Gasteiger partial charge is 0.493 e. The van der Waals surface area contributed by atoms with Crippen LogP contribution in [0.5, 0.6) is 11.5 Å². The van der Waals surface area contributed by atoms with Crippen molar-refractivity contribution >= 4 is 15.9 Å². The van der Waals surface area contributed by atoms with E-state index in [0.29, 0.717) is 6.61 Å². The van der Waals surface area contributed by atoms with Gasteiger partial charge in [-0.15, -0.1) is 0 Å². The summed E-state index contributed by atoms with van der Waals surface area (Å²) in [7, 11) is 1.66. The lowest BCUT2D eigenvalue weighted by Gasteiger charge is -2.16. The maximum atomic E-state index is 5.62. The number of nitrogens with one attached hydrogen (secondary N) is 1. The van der Waals surface area contributed by atoms with Crippen LogP contribution in [-0.2, 0) is 6.54 Å². The Hall–Kier alpha value is -1.52. The Morgan fingerprint density at radius 3 is 2.55 bits per heavy atom. The number of hydrogen-bond donors (Lipinski definition) is 1. The molecule has 22 heavy (non-hydrogen) atoms. The molecular formula is C18H22BrNO2. The number of ether oxygens (including phenoxy) is 2. The normalized spacial score (nSPS) is 12.0. The predicted molar refractivity (Wildman–Crippen MR) is 93.6 cm³/mol. The fourth-order valence-corrected chi connectivity index (χ4v) is 2.89. The summed E-state index contributed by atoms with van der Waals surface area (Å²) in [6, 6.07) is 14.8. The number of benzene rings is 2. The van der Waals surface area contributed by atoms with Crippen molar-refractivity contribution < 1.29 is 9.47 Å². The third kappa shape index (κ3) is 4.24. The van der Waals surface area contributed by atoms with Crippen LogP contribution in [0, 0.1) is 0 Å². The second-order valence-corrected chi connectivity index (χ2v) is 5.91. The van der Waals surface area contributed by atoms with Gasteiger partial charge < -0.3 is 14.8 Å². The number of halogens is 1. The van der Waals surface area contributed by atoms with Gasteiger partial charge in [-0.05, 0) is 53.0 Å². The van der Waals surface area contributed by atoms with Crippen molar-refractivity contribution in [2.75, 3.05) is 13.7 Å². The van der Waals surface area contributed by atoms with E-state index in [1.54, 1.807) is 7.11 Å². The Kier molecular flexibility index (Phi) is 6.28. The fourth-order valence-electron chi connectivity index (χ4n) is 2.29. The first-order chi connectivity index (χ1) is 10.7. The smallest absolute Gasteiger partial charge is 0.175 e. The monoisotopic (exact) mass is 363 g/mol. The molecule has 0 saturated heterocycles. The van der Waals surface area contributed by atoms with Gasteiger partial charge in [-0.25, -0.2) is 0 Å². The predicted octanol–water partition coefficient (Wildman–Crippen LogP) is 4.71. The zero-order chi connectivity index (χ0) is 15.9. The number of hydrogen-bond acceptors (Lipinski definition) is 3. The summed E-state index contributed by atoms with van der Waals surface area (Å²) in [5.74, 6) is 1.50. The summed E-state index contributed by atoms with van der Waals surface area (Å²) in [5, 5.41) is 3.53. The Bertz CT molecular complexity index is 602. The Morgan fingerprint density at radius 2 is 1.91 bits per heavy atom. The minimum atomic E-state index is 0.289. The van der Waals surface area contributed by atoms with Gasteiger partial charge in [0.15, 0.2) is 11.5 Å². The van der Waals surface area contributed by atoms with Crippen molar-refractivity contribution in [3.63, 3.8) is 0 Å². The van der Waals surface area contributed by atoms with Gasteiger partial charge in [0, 0.05) is 12.6 Å². The highest BCUT2D eigenvalue weighted by molar-refractivity contribution is 9.10. The van der Waals surface area contributed by atoms with E-state index in [0.717, 1.165) is 28.1 Å². The molecule has 118 valence electrons. The lowest BCUT2D eigenvalue weighted by Crippen LogP contribution is -2.18. The molecule has 0 aromatic heterocycles. The van der Waals surface area contributed by atoms with E-state index in [2.05, 4.69) is 58.5 Å². The highest BCUT2D eigenvalue weighted by atomic mass is 79.9. The molecule has 4 heteroatoms. The van der Waals surface area contributed by atoms with Crippen LogP contribution in [-0.4, -0.2) is 13.7 Å².